The summed E-state index contributed by atoms with van der Waals surface area (Å²) in [5.41, 5.74) is -2.61. The highest BCUT2D eigenvalue weighted by Crippen LogP contribution is 2.42. The van der Waals surface area contributed by atoms with E-state index in [4.69, 9.17) is 4.55 Å². The molecule has 0 rings (SSSR count). The Labute approximate surface area is 171 Å². The van der Waals surface area contributed by atoms with Crippen molar-refractivity contribution in [1.82, 2.24) is 5.32 Å². The molecule has 0 aliphatic heterocycles. The lowest BCUT2D eigenvalue weighted by atomic mass is 10.2. The van der Waals surface area contributed by atoms with Gasteiger partial charge in [-0.25, -0.2) is 4.79 Å². The lowest BCUT2D eigenvalue weighted by Gasteiger charge is -2.33. The van der Waals surface area contributed by atoms with Crippen molar-refractivity contribution in [3.63, 3.8) is 0 Å². The lowest BCUT2D eigenvalue weighted by Crippen LogP contribution is -2.61. The van der Waals surface area contributed by atoms with Gasteiger partial charge >= 0.3 is 51.3 Å². The molecule has 1 unspecified atom stereocenters. The number of esters is 1. The number of amides is 1. The summed E-state index contributed by atoms with van der Waals surface area (Å²) in [6.45, 7) is 2.44. The normalized spacial score (nSPS) is 15.5. The molecule has 32 heavy (non-hydrogen) atoms. The second kappa shape index (κ2) is 9.22. The van der Waals surface area contributed by atoms with E-state index in [2.05, 4.69) is 22.6 Å². The van der Waals surface area contributed by atoms with Gasteiger partial charge in [0.15, 0.2) is 0 Å². The van der Waals surface area contributed by atoms with Crippen molar-refractivity contribution < 1.29 is 75.9 Å². The van der Waals surface area contributed by atoms with Gasteiger partial charge in [-0.1, -0.05) is 13.2 Å². The number of carbonyl (C=O) groups excluding carboxylic acids is 2. The summed E-state index contributed by atoms with van der Waals surface area (Å²) in [5.74, 6) is -16.6. The zero-order valence-electron chi connectivity index (χ0n) is 15.0. The average Bonchev–Trinajstić information content (AvgIpc) is 2.56. The summed E-state index contributed by atoms with van der Waals surface area (Å²) in [4.78, 5) is 23.1. The molecule has 19 heteroatoms. The first-order valence-electron chi connectivity index (χ1n) is 7.32. The molecule has 0 bridgehead atoms. The number of carbonyl (C=O) groups is 2. The third-order valence-corrected chi connectivity index (χ3v) is 4.15. The Morgan fingerprint density at radius 3 is 1.81 bits per heavy atom. The fourth-order valence-electron chi connectivity index (χ4n) is 1.56. The third-order valence-electron chi connectivity index (χ3n) is 3.20. The van der Waals surface area contributed by atoms with Gasteiger partial charge < -0.3 is 14.8 Å². The molecule has 0 aromatic carbocycles. The maximum Gasteiger partial charge on any atom is 0.466 e. The minimum Gasteiger partial charge on any atom is -0.412 e. The molecule has 0 spiro atoms. The van der Waals surface area contributed by atoms with E-state index in [1.165, 1.54) is 0 Å². The van der Waals surface area contributed by atoms with Crippen LogP contribution < -0.4 is 5.32 Å². The van der Waals surface area contributed by atoms with Crippen molar-refractivity contribution in [3.8, 4) is 0 Å². The quantitative estimate of drug-likeness (QED) is 0.151. The van der Waals surface area contributed by atoms with E-state index >= 15 is 0 Å². The summed E-state index contributed by atoms with van der Waals surface area (Å²) in [7, 11) is -6.80. The Hall–Kier alpha value is -2.41. The number of rotatable bonds is 10. The Bertz CT molecular complexity index is 865. The highest BCUT2D eigenvalue weighted by molar-refractivity contribution is 7.87. The summed E-state index contributed by atoms with van der Waals surface area (Å²) in [6, 6.07) is 0. The molecule has 1 atom stereocenters. The van der Waals surface area contributed by atoms with Gasteiger partial charge in [0.25, 0.3) is 0 Å². The first kappa shape index (κ1) is 29.6. The van der Waals surface area contributed by atoms with Gasteiger partial charge in [0.05, 0.1) is 6.61 Å². The average molecular weight is 515 g/mol. The molecule has 0 aliphatic carbocycles. The number of halogens is 10. The highest BCUT2D eigenvalue weighted by atomic mass is 32.2. The van der Waals surface area contributed by atoms with Crippen LogP contribution in [0.1, 0.15) is 6.42 Å². The number of hydrogen-bond donors (Lipinski definition) is 2. The van der Waals surface area contributed by atoms with Crippen LogP contribution in [0.25, 0.3) is 0 Å². The smallest absolute Gasteiger partial charge is 0.412 e. The van der Waals surface area contributed by atoms with E-state index in [9.17, 15) is 61.9 Å². The van der Waals surface area contributed by atoms with Crippen molar-refractivity contribution in [3.05, 3.63) is 24.9 Å². The van der Waals surface area contributed by atoms with Crippen LogP contribution >= 0.6 is 0 Å². The first-order chi connectivity index (χ1) is 14.0. The van der Waals surface area contributed by atoms with Crippen molar-refractivity contribution in [2.75, 3.05) is 6.61 Å². The molecule has 0 saturated carbocycles. The van der Waals surface area contributed by atoms with Crippen molar-refractivity contribution in [2.24, 2.45) is 0 Å². The van der Waals surface area contributed by atoms with E-state index in [1.807, 2.05) is 0 Å². The molecule has 0 aromatic heterocycles. The maximum absolute atomic E-state index is 13.4. The Morgan fingerprint density at radius 1 is 1.00 bits per heavy atom. The summed E-state index contributed by atoms with van der Waals surface area (Å²) in [5, 5.41) is -5.16. The van der Waals surface area contributed by atoms with Crippen LogP contribution in [0.5, 0.6) is 0 Å². The Kier molecular flexibility index (Phi) is 8.52. The van der Waals surface area contributed by atoms with Crippen LogP contribution in [-0.4, -0.2) is 60.8 Å². The fourth-order valence-corrected chi connectivity index (χ4v) is 2.04. The number of ether oxygens (including phenoxy) is 2. The monoisotopic (exact) mass is 515 g/mol. The molecular weight excluding hydrogens is 504 g/mol. The van der Waals surface area contributed by atoms with E-state index in [0.717, 1.165) is 5.32 Å². The zero-order valence-corrected chi connectivity index (χ0v) is 15.8. The molecule has 0 aliphatic rings. The van der Waals surface area contributed by atoms with Gasteiger partial charge in [0, 0.05) is 6.42 Å². The van der Waals surface area contributed by atoms with Crippen LogP contribution in [0.3, 0.4) is 0 Å². The van der Waals surface area contributed by atoms with Crippen LogP contribution in [0.15, 0.2) is 24.9 Å². The molecule has 0 radical (unpaired) electrons. The number of nitrogens with one attached hydrogen (secondary N) is 1. The van der Waals surface area contributed by atoms with Crippen molar-refractivity contribution in [2.45, 2.75) is 35.7 Å². The SMILES string of the molecule is C=CNC(=O)C(OCCC(F)(F)C(F)(F)S(=O)(=O)O)(OC(=O)C(=C)C(F)(F)F)C(F)(F)F. The summed E-state index contributed by atoms with van der Waals surface area (Å²) >= 11 is 0. The van der Waals surface area contributed by atoms with Gasteiger partial charge in [0.1, 0.15) is 5.57 Å². The second-order valence-electron chi connectivity index (χ2n) is 5.45. The molecule has 1 amide bonds. The van der Waals surface area contributed by atoms with Crippen molar-refractivity contribution in [1.29, 1.82) is 0 Å². The second-order valence-corrected chi connectivity index (χ2v) is 6.92. The molecule has 2 N–H and O–H groups in total. The Morgan fingerprint density at radius 2 is 1.47 bits per heavy atom. The zero-order chi connectivity index (χ0) is 26.0. The van der Waals surface area contributed by atoms with Crippen LogP contribution in [0, 0.1) is 0 Å². The number of hydrogen-bond acceptors (Lipinski definition) is 6. The molecule has 8 nitrogen and oxygen atoms in total. The molecule has 0 saturated heterocycles. The van der Waals surface area contributed by atoms with Gasteiger partial charge in [-0.2, -0.15) is 52.3 Å². The molecule has 186 valence electrons. The van der Waals surface area contributed by atoms with Gasteiger partial charge in [0.2, 0.25) is 0 Å². The minimum absolute atomic E-state index is 0.166. The van der Waals surface area contributed by atoms with Crippen LogP contribution in [0.4, 0.5) is 43.9 Å². The van der Waals surface area contributed by atoms with Gasteiger partial charge in [-0.15, -0.1) is 0 Å². The topological polar surface area (TPSA) is 119 Å². The lowest BCUT2D eigenvalue weighted by molar-refractivity contribution is -0.350. The third kappa shape index (κ3) is 6.09. The van der Waals surface area contributed by atoms with E-state index in [0.29, 0.717) is 0 Å². The predicted molar refractivity (Wildman–Crippen MR) is 80.4 cm³/mol. The molecule has 0 fully saturated rings. The fraction of sp³-hybridized carbons (Fsp3) is 0.538. The largest absolute Gasteiger partial charge is 0.466 e. The molecule has 0 aromatic rings. The summed E-state index contributed by atoms with van der Waals surface area (Å²) < 4.78 is 167. The summed E-state index contributed by atoms with van der Waals surface area (Å²) in [6.07, 6.45) is -14.5. The first-order valence-corrected chi connectivity index (χ1v) is 8.76. The minimum atomic E-state index is -6.80. The molecule has 0 heterocycles. The maximum atomic E-state index is 13.4. The van der Waals surface area contributed by atoms with E-state index in [1.54, 1.807) is 0 Å². The van der Waals surface area contributed by atoms with Crippen molar-refractivity contribution >= 4 is 22.0 Å². The van der Waals surface area contributed by atoms with Crippen LogP contribution in [-0.2, 0) is 29.2 Å². The highest BCUT2D eigenvalue weighted by Gasteiger charge is 2.69. The predicted octanol–water partition coefficient (Wildman–Crippen LogP) is 2.69. The van der Waals surface area contributed by atoms with E-state index in [-0.39, 0.29) is 6.20 Å². The number of alkyl halides is 10. The van der Waals surface area contributed by atoms with Crippen LogP contribution in [0.2, 0.25) is 0 Å². The van der Waals surface area contributed by atoms with Gasteiger partial charge in [-0.05, 0) is 6.20 Å². The van der Waals surface area contributed by atoms with Gasteiger partial charge in [-0.3, -0.25) is 9.35 Å². The molecular formula is C13H11F10NO7S. The Balaban J connectivity index is 6.17. The van der Waals surface area contributed by atoms with E-state index < -0.39 is 69.9 Å². The standard InChI is InChI=1S/C13H11F10NO7S/c1-3-24-8(26)10(12(19,20)21,31-7(25)6(2)11(16,17)18)30-5-4-9(14,15)13(22,23)32(27,28)29/h3H,1-2,4-5H2,(H,24,26)(H,27,28,29).